The molecule has 6 heteroatoms. The fourth-order valence-corrected chi connectivity index (χ4v) is 1.29. The Morgan fingerprint density at radius 3 is 2.81 bits per heavy atom. The third-order valence-corrected chi connectivity index (χ3v) is 2.22. The van der Waals surface area contributed by atoms with Crippen molar-refractivity contribution in [1.82, 2.24) is 10.9 Å². The maximum absolute atomic E-state index is 9.43. The lowest BCUT2D eigenvalue weighted by Crippen LogP contribution is -2.42. The molecule has 0 aliphatic heterocycles. The van der Waals surface area contributed by atoms with Gasteiger partial charge in [-0.25, -0.2) is 5.43 Å². The Hall–Kier alpha value is -1.53. The number of hydrazine groups is 1. The van der Waals surface area contributed by atoms with Gasteiger partial charge in [0.15, 0.2) is 16.6 Å². The highest BCUT2D eigenvalue weighted by Crippen LogP contribution is 2.28. The minimum atomic E-state index is -0.0176. The summed E-state index contributed by atoms with van der Waals surface area (Å²) < 4.78 is 5.01. The van der Waals surface area contributed by atoms with E-state index in [1.807, 2.05) is 6.92 Å². The predicted molar refractivity (Wildman–Crippen MR) is 66.1 cm³/mol. The average molecular weight is 241 g/mol. The fourth-order valence-electron chi connectivity index (χ4n) is 1.23. The number of phenols is 1. The Morgan fingerprint density at radius 2 is 2.25 bits per heavy atom. The third kappa shape index (κ3) is 3.25. The molecule has 0 heterocycles. The molecule has 88 valence electrons. The number of ether oxygens (including phenoxy) is 1. The van der Waals surface area contributed by atoms with Crippen LogP contribution in [0.4, 0.5) is 0 Å². The largest absolute Gasteiger partial charge is 0.504 e. The van der Waals surface area contributed by atoms with E-state index in [-0.39, 0.29) is 16.9 Å². The van der Waals surface area contributed by atoms with E-state index in [4.69, 9.17) is 10.5 Å². The minimum absolute atomic E-state index is 0.0176. The molecule has 5 N–H and O–H groups in total. The second-order valence-corrected chi connectivity index (χ2v) is 3.73. The van der Waals surface area contributed by atoms with Gasteiger partial charge in [-0.1, -0.05) is 6.07 Å². The summed E-state index contributed by atoms with van der Waals surface area (Å²) in [6.07, 6.45) is 0. The van der Waals surface area contributed by atoms with E-state index < -0.39 is 0 Å². The number of benzene rings is 1. The van der Waals surface area contributed by atoms with Gasteiger partial charge in [-0.05, 0) is 36.8 Å². The highest BCUT2D eigenvalue weighted by atomic mass is 32.1. The van der Waals surface area contributed by atoms with Gasteiger partial charge in [-0.15, -0.1) is 0 Å². The average Bonchev–Trinajstić information content (AvgIpc) is 2.26. The van der Waals surface area contributed by atoms with Crippen molar-refractivity contribution in [2.24, 2.45) is 5.73 Å². The molecule has 0 aromatic heterocycles. The summed E-state index contributed by atoms with van der Waals surface area (Å²) in [7, 11) is 1.50. The van der Waals surface area contributed by atoms with Crippen LogP contribution in [0.5, 0.6) is 11.5 Å². The molecule has 1 rings (SSSR count). The first-order valence-corrected chi connectivity index (χ1v) is 5.13. The first kappa shape index (κ1) is 12.5. The number of phenolic OH excluding ortho intramolecular Hbond substituents is 1. The van der Waals surface area contributed by atoms with E-state index in [1.54, 1.807) is 18.2 Å². The van der Waals surface area contributed by atoms with Crippen LogP contribution in [0.25, 0.3) is 0 Å². The molecule has 1 aromatic carbocycles. The molecule has 0 bridgehead atoms. The van der Waals surface area contributed by atoms with Gasteiger partial charge in [-0.2, -0.15) is 0 Å². The smallest absolute Gasteiger partial charge is 0.178 e. The molecule has 0 saturated carbocycles. The number of aromatic hydroxyl groups is 1. The van der Waals surface area contributed by atoms with Crippen molar-refractivity contribution in [2.75, 3.05) is 7.11 Å². The van der Waals surface area contributed by atoms with Crippen molar-refractivity contribution >= 4 is 17.3 Å². The number of thiocarbonyl (C=S) groups is 1. The maximum atomic E-state index is 9.43. The summed E-state index contributed by atoms with van der Waals surface area (Å²) in [6.45, 7) is 1.93. The minimum Gasteiger partial charge on any atom is -0.504 e. The van der Waals surface area contributed by atoms with Crippen LogP contribution in [0, 0.1) is 0 Å². The van der Waals surface area contributed by atoms with Crippen molar-refractivity contribution in [3.8, 4) is 11.5 Å². The molecule has 1 aromatic rings. The molecular weight excluding hydrogens is 226 g/mol. The molecule has 0 saturated heterocycles. The Kier molecular flexibility index (Phi) is 4.33. The SMILES string of the molecule is COc1cc(C(C)NNC(N)=S)ccc1O. The Balaban J connectivity index is 2.75. The molecule has 0 radical (unpaired) electrons. The summed E-state index contributed by atoms with van der Waals surface area (Å²) in [4.78, 5) is 0. The summed E-state index contributed by atoms with van der Waals surface area (Å²) in [5.41, 5.74) is 11.8. The Labute approximate surface area is 99.6 Å². The van der Waals surface area contributed by atoms with Gasteiger partial charge in [0.2, 0.25) is 0 Å². The zero-order valence-electron chi connectivity index (χ0n) is 9.15. The van der Waals surface area contributed by atoms with Crippen LogP contribution in [0.2, 0.25) is 0 Å². The lowest BCUT2D eigenvalue weighted by Gasteiger charge is -2.16. The third-order valence-electron chi connectivity index (χ3n) is 2.12. The van der Waals surface area contributed by atoms with Crippen LogP contribution in [0.1, 0.15) is 18.5 Å². The quantitative estimate of drug-likeness (QED) is 0.461. The van der Waals surface area contributed by atoms with Crippen LogP contribution in [-0.2, 0) is 0 Å². The molecule has 16 heavy (non-hydrogen) atoms. The molecule has 0 fully saturated rings. The highest BCUT2D eigenvalue weighted by Gasteiger charge is 2.08. The van der Waals surface area contributed by atoms with Crippen molar-refractivity contribution in [3.63, 3.8) is 0 Å². The van der Waals surface area contributed by atoms with Crippen molar-refractivity contribution in [3.05, 3.63) is 23.8 Å². The lowest BCUT2D eigenvalue weighted by molar-refractivity contribution is 0.372. The second kappa shape index (κ2) is 5.53. The molecular formula is C10H15N3O2S. The lowest BCUT2D eigenvalue weighted by atomic mass is 10.1. The van der Waals surface area contributed by atoms with Crippen LogP contribution in [0.15, 0.2) is 18.2 Å². The number of rotatable bonds is 4. The van der Waals surface area contributed by atoms with Gasteiger partial charge in [0.05, 0.1) is 7.11 Å². The molecule has 0 aliphatic rings. The fraction of sp³-hybridized carbons (Fsp3) is 0.300. The van der Waals surface area contributed by atoms with Crippen molar-refractivity contribution < 1.29 is 9.84 Å². The van der Waals surface area contributed by atoms with E-state index in [1.165, 1.54) is 7.11 Å². The molecule has 0 amide bonds. The van der Waals surface area contributed by atoms with Gasteiger partial charge >= 0.3 is 0 Å². The summed E-state index contributed by atoms with van der Waals surface area (Å²) in [6, 6.07) is 5.09. The normalized spacial score (nSPS) is 11.9. The predicted octanol–water partition coefficient (Wildman–Crippen LogP) is 0.800. The molecule has 1 unspecified atom stereocenters. The van der Waals surface area contributed by atoms with E-state index in [0.29, 0.717) is 5.75 Å². The van der Waals surface area contributed by atoms with Crippen LogP contribution >= 0.6 is 12.2 Å². The standard InChI is InChI=1S/C10H15N3O2S/c1-6(12-13-10(11)16)7-3-4-8(14)9(5-7)15-2/h3-6,12,14H,1-2H3,(H3,11,13,16). The van der Waals surface area contributed by atoms with Crippen molar-refractivity contribution in [1.29, 1.82) is 0 Å². The zero-order valence-corrected chi connectivity index (χ0v) is 9.97. The number of nitrogens with two attached hydrogens (primary N) is 1. The van der Waals surface area contributed by atoms with Gasteiger partial charge in [-0.3, -0.25) is 5.43 Å². The first-order valence-electron chi connectivity index (χ1n) is 4.72. The summed E-state index contributed by atoms with van der Waals surface area (Å²) in [5, 5.41) is 9.61. The van der Waals surface area contributed by atoms with Crippen LogP contribution in [-0.4, -0.2) is 17.3 Å². The van der Waals surface area contributed by atoms with Gasteiger partial charge in [0, 0.05) is 6.04 Å². The topological polar surface area (TPSA) is 79.5 Å². The van der Waals surface area contributed by atoms with Crippen molar-refractivity contribution in [2.45, 2.75) is 13.0 Å². The Morgan fingerprint density at radius 1 is 1.56 bits per heavy atom. The number of methoxy groups -OCH3 is 1. The first-order chi connectivity index (χ1) is 7.54. The monoisotopic (exact) mass is 241 g/mol. The maximum Gasteiger partial charge on any atom is 0.178 e. The second-order valence-electron chi connectivity index (χ2n) is 3.29. The summed E-state index contributed by atoms with van der Waals surface area (Å²) >= 11 is 4.67. The zero-order chi connectivity index (χ0) is 12.1. The van der Waals surface area contributed by atoms with Gasteiger partial charge in [0.25, 0.3) is 0 Å². The van der Waals surface area contributed by atoms with E-state index in [9.17, 15) is 5.11 Å². The summed E-state index contributed by atoms with van der Waals surface area (Å²) in [5.74, 6) is 0.544. The van der Waals surface area contributed by atoms with Gasteiger partial charge in [0.1, 0.15) is 0 Å². The van der Waals surface area contributed by atoms with Crippen LogP contribution in [0.3, 0.4) is 0 Å². The molecule has 5 nitrogen and oxygen atoms in total. The van der Waals surface area contributed by atoms with E-state index >= 15 is 0 Å². The van der Waals surface area contributed by atoms with Crippen LogP contribution < -0.4 is 21.3 Å². The van der Waals surface area contributed by atoms with E-state index in [2.05, 4.69) is 23.1 Å². The van der Waals surface area contributed by atoms with Gasteiger partial charge < -0.3 is 15.6 Å². The van der Waals surface area contributed by atoms with E-state index in [0.717, 1.165) is 5.56 Å². The highest BCUT2D eigenvalue weighted by molar-refractivity contribution is 7.80. The number of nitrogens with one attached hydrogen (secondary N) is 2. The Bertz CT molecular complexity index is 384. The molecule has 0 spiro atoms. The number of hydrogen-bond donors (Lipinski definition) is 4. The number of hydrogen-bond acceptors (Lipinski definition) is 4. The molecule has 0 aliphatic carbocycles. The molecule has 1 atom stereocenters.